The minimum Gasteiger partial charge on any atom is -0.391 e. The van der Waals surface area contributed by atoms with Gasteiger partial charge in [-0.1, -0.05) is 0 Å². The van der Waals surface area contributed by atoms with Gasteiger partial charge in [0.1, 0.15) is 6.54 Å². The standard InChI is InChI=1S/C15H21N5O2/c1-10-3-4-20(18-10)9-15(22)19-7-12(14(21)8-19)6-13-5-11(2)16-17-13/h3-5,12,14,21H,6-9H2,1-2H3,(H,16,17)/t12-,14-/m1/s1. The zero-order valence-corrected chi connectivity index (χ0v) is 12.9. The van der Waals surface area contributed by atoms with E-state index >= 15 is 0 Å². The molecule has 118 valence electrons. The highest BCUT2D eigenvalue weighted by molar-refractivity contribution is 5.76. The molecule has 0 spiro atoms. The molecule has 0 aliphatic carbocycles. The third-order valence-electron chi connectivity index (χ3n) is 4.06. The van der Waals surface area contributed by atoms with E-state index in [2.05, 4.69) is 15.3 Å². The van der Waals surface area contributed by atoms with Crippen molar-refractivity contribution in [2.45, 2.75) is 32.9 Å². The van der Waals surface area contributed by atoms with Crippen molar-refractivity contribution < 1.29 is 9.90 Å². The number of carbonyl (C=O) groups excluding carboxylic acids is 1. The Morgan fingerprint density at radius 3 is 2.91 bits per heavy atom. The fourth-order valence-corrected chi connectivity index (χ4v) is 2.90. The minimum atomic E-state index is -0.500. The topological polar surface area (TPSA) is 87.0 Å². The monoisotopic (exact) mass is 303 g/mol. The molecule has 1 aliphatic rings. The first-order chi connectivity index (χ1) is 10.5. The number of amides is 1. The molecular weight excluding hydrogens is 282 g/mol. The Hall–Kier alpha value is -2.15. The van der Waals surface area contributed by atoms with Crippen molar-refractivity contribution in [3.63, 3.8) is 0 Å². The molecule has 2 aromatic heterocycles. The number of rotatable bonds is 4. The predicted molar refractivity (Wildman–Crippen MR) is 80.1 cm³/mol. The summed E-state index contributed by atoms with van der Waals surface area (Å²) in [4.78, 5) is 14.0. The van der Waals surface area contributed by atoms with Crippen LogP contribution in [0.25, 0.3) is 0 Å². The quantitative estimate of drug-likeness (QED) is 0.849. The number of hydrogen-bond donors (Lipinski definition) is 2. The Labute approximate surface area is 128 Å². The number of aryl methyl sites for hydroxylation is 2. The van der Waals surface area contributed by atoms with Crippen molar-refractivity contribution in [3.8, 4) is 0 Å². The molecule has 0 saturated carbocycles. The van der Waals surface area contributed by atoms with E-state index in [0.29, 0.717) is 19.5 Å². The summed E-state index contributed by atoms with van der Waals surface area (Å²) >= 11 is 0. The summed E-state index contributed by atoms with van der Waals surface area (Å²) < 4.78 is 1.63. The number of carbonyl (C=O) groups is 1. The van der Waals surface area contributed by atoms with Crippen molar-refractivity contribution in [1.82, 2.24) is 24.9 Å². The van der Waals surface area contributed by atoms with Crippen LogP contribution in [0, 0.1) is 19.8 Å². The van der Waals surface area contributed by atoms with Gasteiger partial charge in [-0.2, -0.15) is 10.2 Å². The third-order valence-corrected chi connectivity index (χ3v) is 4.06. The van der Waals surface area contributed by atoms with E-state index < -0.39 is 6.10 Å². The van der Waals surface area contributed by atoms with Crippen molar-refractivity contribution in [2.24, 2.45) is 5.92 Å². The van der Waals surface area contributed by atoms with Crippen LogP contribution in [-0.4, -0.2) is 55.1 Å². The smallest absolute Gasteiger partial charge is 0.244 e. The van der Waals surface area contributed by atoms with Gasteiger partial charge < -0.3 is 10.0 Å². The number of hydrogen-bond acceptors (Lipinski definition) is 4. The summed E-state index contributed by atoms with van der Waals surface area (Å²) in [5, 5.41) is 21.5. The summed E-state index contributed by atoms with van der Waals surface area (Å²) in [5.74, 6) is 0.0221. The first-order valence-electron chi connectivity index (χ1n) is 7.48. The Morgan fingerprint density at radius 2 is 2.27 bits per heavy atom. The van der Waals surface area contributed by atoms with Gasteiger partial charge in [-0.15, -0.1) is 0 Å². The molecule has 22 heavy (non-hydrogen) atoms. The molecule has 1 amide bonds. The Balaban J connectivity index is 1.58. The SMILES string of the molecule is Cc1ccn(CC(=O)N2C[C@@H](Cc3cc(C)[nH]n3)[C@H](O)C2)n1. The van der Waals surface area contributed by atoms with Crippen LogP contribution in [0.5, 0.6) is 0 Å². The molecule has 2 N–H and O–H groups in total. The fourth-order valence-electron chi connectivity index (χ4n) is 2.90. The number of nitrogens with zero attached hydrogens (tertiary/aromatic N) is 4. The number of aliphatic hydroxyl groups excluding tert-OH is 1. The molecule has 7 heteroatoms. The van der Waals surface area contributed by atoms with Crippen LogP contribution in [-0.2, 0) is 17.8 Å². The van der Waals surface area contributed by atoms with Gasteiger partial charge in [0.05, 0.1) is 17.5 Å². The maximum absolute atomic E-state index is 12.3. The van der Waals surface area contributed by atoms with E-state index in [1.807, 2.05) is 26.0 Å². The lowest BCUT2D eigenvalue weighted by molar-refractivity contribution is -0.131. The summed E-state index contributed by atoms with van der Waals surface area (Å²) in [6.07, 6.45) is 1.97. The maximum atomic E-state index is 12.3. The first-order valence-corrected chi connectivity index (χ1v) is 7.48. The normalized spacial score (nSPS) is 21.5. The number of aliphatic hydroxyl groups is 1. The van der Waals surface area contributed by atoms with Crippen LogP contribution in [0.3, 0.4) is 0 Å². The van der Waals surface area contributed by atoms with Crippen LogP contribution < -0.4 is 0 Å². The van der Waals surface area contributed by atoms with E-state index in [-0.39, 0.29) is 18.4 Å². The predicted octanol–water partition coefficient (Wildman–Crippen LogP) is 0.285. The van der Waals surface area contributed by atoms with Gasteiger partial charge >= 0.3 is 0 Å². The highest BCUT2D eigenvalue weighted by Gasteiger charge is 2.34. The van der Waals surface area contributed by atoms with Gasteiger partial charge in [-0.25, -0.2) is 0 Å². The van der Waals surface area contributed by atoms with E-state index in [9.17, 15) is 9.90 Å². The number of H-pyrrole nitrogens is 1. The third kappa shape index (κ3) is 3.19. The van der Waals surface area contributed by atoms with Crippen LogP contribution >= 0.6 is 0 Å². The summed E-state index contributed by atoms with van der Waals surface area (Å²) in [5.41, 5.74) is 2.82. The van der Waals surface area contributed by atoms with Crippen molar-refractivity contribution in [1.29, 1.82) is 0 Å². The van der Waals surface area contributed by atoms with E-state index in [1.54, 1.807) is 15.8 Å². The molecule has 0 aromatic carbocycles. The zero-order valence-electron chi connectivity index (χ0n) is 12.9. The Morgan fingerprint density at radius 1 is 1.45 bits per heavy atom. The second-order valence-electron chi connectivity index (χ2n) is 6.03. The van der Waals surface area contributed by atoms with Crippen LogP contribution in [0.4, 0.5) is 0 Å². The highest BCUT2D eigenvalue weighted by atomic mass is 16.3. The average Bonchev–Trinajstić information content (AvgIpc) is 3.14. The van der Waals surface area contributed by atoms with Crippen LogP contribution in [0.2, 0.25) is 0 Å². The van der Waals surface area contributed by atoms with E-state index in [4.69, 9.17) is 0 Å². The Bertz CT molecular complexity index is 662. The van der Waals surface area contributed by atoms with Crippen molar-refractivity contribution >= 4 is 5.91 Å². The van der Waals surface area contributed by atoms with Crippen LogP contribution in [0.15, 0.2) is 18.3 Å². The summed E-state index contributed by atoms with van der Waals surface area (Å²) in [6, 6.07) is 3.85. The van der Waals surface area contributed by atoms with Gasteiger partial charge in [-0.05, 0) is 32.4 Å². The largest absolute Gasteiger partial charge is 0.391 e. The number of likely N-dealkylation sites (tertiary alicyclic amines) is 1. The van der Waals surface area contributed by atoms with Gasteiger partial charge in [0.15, 0.2) is 0 Å². The lowest BCUT2D eigenvalue weighted by Gasteiger charge is -2.15. The maximum Gasteiger partial charge on any atom is 0.244 e. The average molecular weight is 303 g/mol. The molecule has 1 fully saturated rings. The van der Waals surface area contributed by atoms with E-state index in [1.165, 1.54) is 0 Å². The number of nitrogens with one attached hydrogen (secondary N) is 1. The van der Waals surface area contributed by atoms with Gasteiger partial charge in [0, 0.05) is 30.9 Å². The molecular formula is C15H21N5O2. The molecule has 2 aromatic rings. The fraction of sp³-hybridized carbons (Fsp3) is 0.533. The molecule has 2 atom stereocenters. The zero-order chi connectivity index (χ0) is 15.7. The number of aromatic amines is 1. The molecule has 1 saturated heterocycles. The molecule has 1 aliphatic heterocycles. The molecule has 3 heterocycles. The Kier molecular flexibility index (Phi) is 3.98. The molecule has 7 nitrogen and oxygen atoms in total. The first kappa shape index (κ1) is 14.8. The second kappa shape index (κ2) is 5.92. The molecule has 0 unspecified atom stereocenters. The van der Waals surface area contributed by atoms with Gasteiger partial charge in [0.2, 0.25) is 5.91 Å². The van der Waals surface area contributed by atoms with Crippen molar-refractivity contribution in [2.75, 3.05) is 13.1 Å². The van der Waals surface area contributed by atoms with E-state index in [0.717, 1.165) is 17.1 Å². The van der Waals surface area contributed by atoms with Gasteiger partial charge in [0.25, 0.3) is 0 Å². The number of β-amino-alcohol motifs (C(OH)–C–C–N with tert-alkyl or cyclic N) is 1. The lowest BCUT2D eigenvalue weighted by atomic mass is 10.0. The minimum absolute atomic E-state index is 0.0112. The molecule has 0 radical (unpaired) electrons. The van der Waals surface area contributed by atoms with Crippen LogP contribution in [0.1, 0.15) is 17.1 Å². The molecule has 3 rings (SSSR count). The van der Waals surface area contributed by atoms with Gasteiger partial charge in [-0.3, -0.25) is 14.6 Å². The second-order valence-corrected chi connectivity index (χ2v) is 6.03. The molecule has 0 bridgehead atoms. The van der Waals surface area contributed by atoms with Crippen molar-refractivity contribution in [3.05, 3.63) is 35.4 Å². The summed E-state index contributed by atoms with van der Waals surface area (Å²) in [6.45, 7) is 5.00. The lowest BCUT2D eigenvalue weighted by Crippen LogP contribution is -2.32. The highest BCUT2D eigenvalue weighted by Crippen LogP contribution is 2.21. The number of aromatic nitrogens is 4. The summed E-state index contributed by atoms with van der Waals surface area (Å²) in [7, 11) is 0.